The normalized spacial score (nSPS) is 11.3. The van der Waals surface area contributed by atoms with Crippen molar-refractivity contribution >= 4 is 34.2 Å². The lowest BCUT2D eigenvalue weighted by Gasteiger charge is -2.13. The first-order valence-electron chi connectivity index (χ1n) is 3.95. The molecule has 0 heterocycles. The smallest absolute Gasteiger partial charge is 0.326 e. The third kappa shape index (κ3) is 3.37. The predicted molar refractivity (Wildman–Crippen MR) is 58.5 cm³/mol. The van der Waals surface area contributed by atoms with E-state index in [1.54, 1.807) is 22.6 Å². The highest BCUT2D eigenvalue weighted by Crippen LogP contribution is 2.35. The number of rotatable bonds is 1. The summed E-state index contributed by atoms with van der Waals surface area (Å²) in [6.45, 7) is 1.16. The molecule has 1 rings (SSSR count). The summed E-state index contributed by atoms with van der Waals surface area (Å²) in [5.41, 5.74) is -1.04. The van der Waals surface area contributed by atoms with E-state index >= 15 is 0 Å². The first kappa shape index (κ1) is 12.3. The summed E-state index contributed by atoms with van der Waals surface area (Å²) in [5, 5.41) is 2.14. The van der Waals surface area contributed by atoms with Crippen molar-refractivity contribution in [2.45, 2.75) is 13.1 Å². The van der Waals surface area contributed by atoms with Gasteiger partial charge in [-0.25, -0.2) is 0 Å². The van der Waals surface area contributed by atoms with Crippen LogP contribution in [0.3, 0.4) is 0 Å². The van der Waals surface area contributed by atoms with Crippen molar-refractivity contribution in [2.75, 3.05) is 5.32 Å². The second-order valence-electron chi connectivity index (χ2n) is 2.87. The molecule has 0 radical (unpaired) electrons. The molecule has 1 aromatic rings. The molecule has 0 bridgehead atoms. The minimum absolute atomic E-state index is 0.213. The molecule has 0 saturated heterocycles. The van der Waals surface area contributed by atoms with E-state index in [0.717, 1.165) is 13.0 Å². The van der Waals surface area contributed by atoms with E-state index in [-0.39, 0.29) is 5.69 Å². The third-order valence-electron chi connectivity index (χ3n) is 1.60. The summed E-state index contributed by atoms with van der Waals surface area (Å²) in [5.74, 6) is -0.526. The molecular weight excluding hydrogens is 322 g/mol. The highest BCUT2D eigenvalue weighted by atomic mass is 127. The highest BCUT2D eigenvalue weighted by molar-refractivity contribution is 14.1. The number of halogens is 4. The fourth-order valence-corrected chi connectivity index (χ4v) is 1.54. The highest BCUT2D eigenvalue weighted by Gasteiger charge is 2.33. The molecule has 0 fully saturated rings. The molecule has 0 unspecified atom stereocenters. The second-order valence-corrected chi connectivity index (χ2v) is 4.11. The molecule has 0 aliphatic heterocycles. The zero-order valence-corrected chi connectivity index (χ0v) is 9.81. The number of carbonyl (C=O) groups is 1. The van der Waals surface area contributed by atoms with Gasteiger partial charge < -0.3 is 5.32 Å². The van der Waals surface area contributed by atoms with Crippen LogP contribution in [0.2, 0.25) is 0 Å². The predicted octanol–water partition coefficient (Wildman–Crippen LogP) is 3.27. The topological polar surface area (TPSA) is 29.1 Å². The van der Waals surface area contributed by atoms with Gasteiger partial charge in [0.1, 0.15) is 0 Å². The number of alkyl halides is 3. The van der Waals surface area contributed by atoms with E-state index in [1.165, 1.54) is 12.1 Å². The Labute approximate surface area is 98.0 Å². The van der Waals surface area contributed by atoms with Crippen molar-refractivity contribution in [3.05, 3.63) is 27.3 Å². The van der Waals surface area contributed by atoms with Crippen molar-refractivity contribution in [1.29, 1.82) is 0 Å². The van der Waals surface area contributed by atoms with E-state index < -0.39 is 17.6 Å². The van der Waals surface area contributed by atoms with Gasteiger partial charge in [-0.05, 0) is 40.8 Å². The number of amides is 1. The Morgan fingerprint density at radius 2 is 2.00 bits per heavy atom. The van der Waals surface area contributed by atoms with Crippen LogP contribution in [0.5, 0.6) is 0 Å². The van der Waals surface area contributed by atoms with E-state index in [2.05, 4.69) is 5.32 Å². The fourth-order valence-electron chi connectivity index (χ4n) is 1.05. The van der Waals surface area contributed by atoms with Crippen molar-refractivity contribution in [3.8, 4) is 0 Å². The quantitative estimate of drug-likeness (QED) is 0.788. The van der Waals surface area contributed by atoms with E-state index in [0.29, 0.717) is 3.57 Å². The van der Waals surface area contributed by atoms with E-state index in [1.807, 2.05) is 0 Å². The molecule has 1 N–H and O–H groups in total. The molecule has 2 nitrogen and oxygen atoms in total. The van der Waals surface area contributed by atoms with Crippen molar-refractivity contribution in [2.24, 2.45) is 0 Å². The van der Waals surface area contributed by atoms with Gasteiger partial charge in [0.05, 0.1) is 11.3 Å². The number of hydrogen-bond acceptors (Lipinski definition) is 1. The Balaban J connectivity index is 3.20. The third-order valence-corrected chi connectivity index (χ3v) is 2.27. The van der Waals surface area contributed by atoms with Crippen molar-refractivity contribution in [3.63, 3.8) is 0 Å². The standard InChI is InChI=1S/C9H7F3INO/c1-5(15)14-8-3-2-6(13)4-7(8)9(10,11)12/h2-4H,1H3,(H,14,15). The van der Waals surface area contributed by atoms with Gasteiger partial charge in [0.25, 0.3) is 0 Å². The van der Waals surface area contributed by atoms with Gasteiger partial charge in [-0.3, -0.25) is 4.79 Å². The van der Waals surface area contributed by atoms with Crippen LogP contribution >= 0.6 is 22.6 Å². The molecule has 0 aliphatic rings. The maximum absolute atomic E-state index is 12.5. The van der Waals surface area contributed by atoms with Crippen LogP contribution < -0.4 is 5.32 Å². The van der Waals surface area contributed by atoms with E-state index in [9.17, 15) is 18.0 Å². The molecule has 15 heavy (non-hydrogen) atoms. The number of carbonyl (C=O) groups excluding carboxylic acids is 1. The molecule has 1 aromatic carbocycles. The summed E-state index contributed by atoms with van der Waals surface area (Å²) in [6, 6.07) is 3.74. The summed E-state index contributed by atoms with van der Waals surface area (Å²) >= 11 is 1.78. The molecule has 0 saturated carbocycles. The maximum Gasteiger partial charge on any atom is 0.418 e. The Bertz CT molecular complexity index is 389. The molecular formula is C9H7F3INO. The molecule has 0 aliphatic carbocycles. The second kappa shape index (κ2) is 4.38. The zero-order valence-electron chi connectivity index (χ0n) is 7.65. The Morgan fingerprint density at radius 1 is 1.40 bits per heavy atom. The average molecular weight is 329 g/mol. The summed E-state index contributed by atoms with van der Waals surface area (Å²) < 4.78 is 38.0. The summed E-state index contributed by atoms with van der Waals surface area (Å²) in [4.78, 5) is 10.7. The number of anilines is 1. The monoisotopic (exact) mass is 329 g/mol. The van der Waals surface area contributed by atoms with Crippen LogP contribution in [0.15, 0.2) is 18.2 Å². The van der Waals surface area contributed by atoms with Gasteiger partial charge in [0.2, 0.25) is 5.91 Å². The Morgan fingerprint density at radius 3 is 2.47 bits per heavy atom. The van der Waals surface area contributed by atoms with Crippen LogP contribution in [0, 0.1) is 3.57 Å². The fraction of sp³-hybridized carbons (Fsp3) is 0.222. The van der Waals surface area contributed by atoms with Gasteiger partial charge in [-0.1, -0.05) is 0 Å². The van der Waals surface area contributed by atoms with Gasteiger partial charge in [0.15, 0.2) is 0 Å². The lowest BCUT2D eigenvalue weighted by atomic mass is 10.1. The molecule has 0 spiro atoms. The molecule has 82 valence electrons. The number of benzene rings is 1. The van der Waals surface area contributed by atoms with Crippen molar-refractivity contribution in [1.82, 2.24) is 0 Å². The SMILES string of the molecule is CC(=O)Nc1ccc(I)cc1C(F)(F)F. The maximum atomic E-state index is 12.5. The molecule has 0 atom stereocenters. The first-order valence-corrected chi connectivity index (χ1v) is 5.03. The van der Waals surface area contributed by atoms with Crippen molar-refractivity contribution < 1.29 is 18.0 Å². The lowest BCUT2D eigenvalue weighted by Crippen LogP contribution is -2.14. The average Bonchev–Trinajstić information content (AvgIpc) is 2.05. The van der Waals surface area contributed by atoms with Crippen LogP contribution in [0.1, 0.15) is 12.5 Å². The minimum Gasteiger partial charge on any atom is -0.326 e. The van der Waals surface area contributed by atoms with Crippen LogP contribution in [-0.4, -0.2) is 5.91 Å². The number of hydrogen-bond donors (Lipinski definition) is 1. The van der Waals surface area contributed by atoms with Crippen LogP contribution in [0.4, 0.5) is 18.9 Å². The van der Waals surface area contributed by atoms with Gasteiger partial charge >= 0.3 is 6.18 Å². The Hall–Kier alpha value is -0.790. The minimum atomic E-state index is -4.46. The molecule has 6 heteroatoms. The van der Waals surface area contributed by atoms with Crippen LogP contribution in [-0.2, 0) is 11.0 Å². The largest absolute Gasteiger partial charge is 0.418 e. The Kier molecular flexibility index (Phi) is 3.58. The first-order chi connectivity index (χ1) is 6.80. The summed E-state index contributed by atoms with van der Waals surface area (Å²) in [7, 11) is 0. The van der Waals surface area contributed by atoms with Gasteiger partial charge in [-0.2, -0.15) is 13.2 Å². The number of nitrogens with one attached hydrogen (secondary N) is 1. The van der Waals surface area contributed by atoms with Gasteiger partial charge in [0, 0.05) is 10.5 Å². The zero-order chi connectivity index (χ0) is 11.6. The molecule has 0 aromatic heterocycles. The van der Waals surface area contributed by atoms with E-state index in [4.69, 9.17) is 0 Å². The summed E-state index contributed by atoms with van der Waals surface area (Å²) in [6.07, 6.45) is -4.46. The van der Waals surface area contributed by atoms with Gasteiger partial charge in [-0.15, -0.1) is 0 Å². The van der Waals surface area contributed by atoms with Crippen LogP contribution in [0.25, 0.3) is 0 Å². The molecule has 1 amide bonds. The lowest BCUT2D eigenvalue weighted by molar-refractivity contribution is -0.137.